The van der Waals surface area contributed by atoms with E-state index in [0.29, 0.717) is 29.3 Å². The van der Waals surface area contributed by atoms with E-state index < -0.39 is 11.7 Å². The van der Waals surface area contributed by atoms with Crippen LogP contribution in [0.2, 0.25) is 0 Å². The number of hydrogen-bond acceptors (Lipinski definition) is 5. The van der Waals surface area contributed by atoms with Crippen molar-refractivity contribution in [2.45, 2.75) is 13.3 Å². The van der Waals surface area contributed by atoms with Crippen LogP contribution in [0.4, 0.5) is 4.39 Å². The molecule has 134 valence electrons. The van der Waals surface area contributed by atoms with Gasteiger partial charge in [-0.3, -0.25) is 9.36 Å². The van der Waals surface area contributed by atoms with E-state index >= 15 is 0 Å². The molecule has 0 atom stereocenters. The minimum absolute atomic E-state index is 0.187. The molecule has 0 unspecified atom stereocenters. The van der Waals surface area contributed by atoms with Crippen LogP contribution in [-0.4, -0.2) is 37.2 Å². The number of carbonyl (C=O) groups excluding carboxylic acids is 1. The van der Waals surface area contributed by atoms with Crippen molar-refractivity contribution in [3.63, 3.8) is 0 Å². The summed E-state index contributed by atoms with van der Waals surface area (Å²) >= 11 is 0. The van der Waals surface area contributed by atoms with Crippen LogP contribution in [0.25, 0.3) is 11.3 Å². The lowest BCUT2D eigenvalue weighted by molar-refractivity contribution is 0.0953. The SMILES string of the molecule is Cc1nccc(-c2cc(F)cc(C(=O)NCCc3n[nH]c(=O)n3C)c2)n1. The van der Waals surface area contributed by atoms with E-state index in [9.17, 15) is 14.0 Å². The number of aromatic amines is 1. The average Bonchev–Trinajstić information content (AvgIpc) is 2.93. The standard InChI is InChI=1S/C17H17FN6O2/c1-10-19-5-3-14(21-10)11-7-12(9-13(18)8-11)16(25)20-6-4-15-22-23-17(26)24(15)2/h3,5,7-9H,4,6H2,1-2H3,(H,20,25)(H,23,26). The van der Waals surface area contributed by atoms with Crippen LogP contribution in [0.1, 0.15) is 22.0 Å². The van der Waals surface area contributed by atoms with Gasteiger partial charge in [0.05, 0.1) is 5.69 Å². The van der Waals surface area contributed by atoms with Crippen molar-refractivity contribution < 1.29 is 9.18 Å². The number of H-pyrrole nitrogens is 1. The number of rotatable bonds is 5. The summed E-state index contributed by atoms with van der Waals surface area (Å²) in [6, 6.07) is 5.71. The summed E-state index contributed by atoms with van der Waals surface area (Å²) in [5.41, 5.74) is 0.904. The van der Waals surface area contributed by atoms with Crippen molar-refractivity contribution in [2.24, 2.45) is 7.05 Å². The number of nitrogens with zero attached hydrogens (tertiary/aromatic N) is 4. The van der Waals surface area contributed by atoms with Gasteiger partial charge in [-0.2, -0.15) is 5.10 Å². The zero-order valence-corrected chi connectivity index (χ0v) is 14.3. The molecule has 2 aromatic heterocycles. The maximum atomic E-state index is 13.9. The third-order valence-corrected chi connectivity index (χ3v) is 3.84. The Morgan fingerprint density at radius 3 is 2.85 bits per heavy atom. The second kappa shape index (κ2) is 7.26. The lowest BCUT2D eigenvalue weighted by Crippen LogP contribution is -2.27. The molecule has 0 bridgehead atoms. The first-order valence-corrected chi connectivity index (χ1v) is 7.93. The second-order valence-electron chi connectivity index (χ2n) is 5.73. The molecule has 8 nitrogen and oxygen atoms in total. The lowest BCUT2D eigenvalue weighted by Gasteiger charge is -2.08. The van der Waals surface area contributed by atoms with E-state index in [0.717, 1.165) is 6.07 Å². The molecule has 0 saturated carbocycles. The highest BCUT2D eigenvalue weighted by Gasteiger charge is 2.12. The molecule has 2 N–H and O–H groups in total. The molecule has 26 heavy (non-hydrogen) atoms. The van der Waals surface area contributed by atoms with Gasteiger partial charge in [0.15, 0.2) is 0 Å². The van der Waals surface area contributed by atoms with Crippen molar-refractivity contribution in [1.29, 1.82) is 0 Å². The predicted octanol–water partition coefficient (Wildman–Crippen LogP) is 0.985. The molecule has 3 rings (SSSR count). The smallest absolute Gasteiger partial charge is 0.343 e. The highest BCUT2D eigenvalue weighted by atomic mass is 19.1. The van der Waals surface area contributed by atoms with E-state index in [1.165, 1.54) is 10.6 Å². The number of benzene rings is 1. The molecule has 0 aliphatic rings. The number of halogens is 1. The monoisotopic (exact) mass is 356 g/mol. The molecular weight excluding hydrogens is 339 g/mol. The lowest BCUT2D eigenvalue weighted by atomic mass is 10.1. The van der Waals surface area contributed by atoms with E-state index in [1.807, 2.05) is 0 Å². The highest BCUT2D eigenvalue weighted by molar-refractivity contribution is 5.95. The fraction of sp³-hybridized carbons (Fsp3) is 0.235. The summed E-state index contributed by atoms with van der Waals surface area (Å²) in [7, 11) is 1.59. The van der Waals surface area contributed by atoms with Crippen molar-refractivity contribution in [2.75, 3.05) is 6.54 Å². The number of aromatic nitrogens is 5. The first-order chi connectivity index (χ1) is 12.4. The fourth-order valence-electron chi connectivity index (χ4n) is 2.48. The summed E-state index contributed by atoms with van der Waals surface area (Å²) in [6.45, 7) is 1.99. The van der Waals surface area contributed by atoms with Crippen molar-refractivity contribution >= 4 is 5.91 Å². The summed E-state index contributed by atoms with van der Waals surface area (Å²) in [5.74, 6) is 0.129. The van der Waals surface area contributed by atoms with Gasteiger partial charge >= 0.3 is 5.69 Å². The fourth-order valence-corrected chi connectivity index (χ4v) is 2.48. The molecule has 1 aromatic carbocycles. The Morgan fingerprint density at radius 1 is 1.35 bits per heavy atom. The molecule has 2 heterocycles. The maximum Gasteiger partial charge on any atom is 0.343 e. The van der Waals surface area contributed by atoms with Gasteiger partial charge < -0.3 is 5.32 Å². The Labute approximate surface area is 148 Å². The van der Waals surface area contributed by atoms with Gasteiger partial charge in [-0.15, -0.1) is 0 Å². The third-order valence-electron chi connectivity index (χ3n) is 3.84. The Bertz CT molecular complexity index is 1010. The first-order valence-electron chi connectivity index (χ1n) is 7.93. The number of amides is 1. The van der Waals surface area contributed by atoms with Crippen LogP contribution < -0.4 is 11.0 Å². The Hall–Kier alpha value is -3.36. The molecule has 0 spiro atoms. The summed E-state index contributed by atoms with van der Waals surface area (Å²) in [4.78, 5) is 31.9. The molecule has 9 heteroatoms. The van der Waals surface area contributed by atoms with E-state index in [1.54, 1.807) is 32.3 Å². The third kappa shape index (κ3) is 3.82. The van der Waals surface area contributed by atoms with Crippen molar-refractivity contribution in [3.05, 3.63) is 64.0 Å². The number of hydrogen-bond donors (Lipinski definition) is 2. The zero-order chi connectivity index (χ0) is 18.7. The van der Waals surface area contributed by atoms with Crippen molar-refractivity contribution in [1.82, 2.24) is 30.0 Å². The first kappa shape index (κ1) is 17.5. The minimum Gasteiger partial charge on any atom is -0.352 e. The van der Waals surface area contributed by atoms with Crippen LogP contribution in [0.5, 0.6) is 0 Å². The average molecular weight is 356 g/mol. The van der Waals surface area contributed by atoms with Gasteiger partial charge in [0.1, 0.15) is 17.5 Å². The van der Waals surface area contributed by atoms with E-state index in [-0.39, 0.29) is 17.8 Å². The van der Waals surface area contributed by atoms with Crippen LogP contribution in [0.3, 0.4) is 0 Å². The van der Waals surface area contributed by atoms with E-state index in [2.05, 4.69) is 25.5 Å². The van der Waals surface area contributed by atoms with Crippen LogP contribution in [0, 0.1) is 12.7 Å². The maximum absolute atomic E-state index is 13.9. The molecule has 0 saturated heterocycles. The molecule has 1 amide bonds. The quantitative estimate of drug-likeness (QED) is 0.709. The molecule has 0 radical (unpaired) electrons. The van der Waals surface area contributed by atoms with Crippen LogP contribution in [0.15, 0.2) is 35.3 Å². The molecular formula is C17H17FN6O2. The summed E-state index contributed by atoms with van der Waals surface area (Å²) in [5, 5.41) is 8.88. The van der Waals surface area contributed by atoms with Gasteiger partial charge in [0.2, 0.25) is 0 Å². The number of aryl methyl sites for hydroxylation is 1. The van der Waals surface area contributed by atoms with Gasteiger partial charge in [0.25, 0.3) is 5.91 Å². The molecule has 0 aliphatic heterocycles. The molecule has 0 aliphatic carbocycles. The van der Waals surface area contributed by atoms with Crippen molar-refractivity contribution in [3.8, 4) is 11.3 Å². The zero-order valence-electron chi connectivity index (χ0n) is 14.3. The van der Waals surface area contributed by atoms with Gasteiger partial charge in [-0.05, 0) is 31.2 Å². The van der Waals surface area contributed by atoms with Crippen LogP contribution >= 0.6 is 0 Å². The topological polar surface area (TPSA) is 106 Å². The molecule has 3 aromatic rings. The molecule has 0 fully saturated rings. The number of nitrogens with one attached hydrogen (secondary N) is 2. The number of carbonyl (C=O) groups is 1. The Kier molecular flexibility index (Phi) is 4.87. The predicted molar refractivity (Wildman–Crippen MR) is 92.0 cm³/mol. The Balaban J connectivity index is 1.73. The normalized spacial score (nSPS) is 10.7. The Morgan fingerprint density at radius 2 is 2.15 bits per heavy atom. The largest absolute Gasteiger partial charge is 0.352 e. The summed E-state index contributed by atoms with van der Waals surface area (Å²) in [6.07, 6.45) is 1.95. The minimum atomic E-state index is -0.529. The van der Waals surface area contributed by atoms with Crippen LogP contribution in [-0.2, 0) is 13.5 Å². The van der Waals surface area contributed by atoms with Gasteiger partial charge in [-0.25, -0.2) is 24.3 Å². The summed E-state index contributed by atoms with van der Waals surface area (Å²) < 4.78 is 15.3. The van der Waals surface area contributed by atoms with Gasteiger partial charge in [0, 0.05) is 37.3 Å². The van der Waals surface area contributed by atoms with Gasteiger partial charge in [-0.1, -0.05) is 0 Å². The van der Waals surface area contributed by atoms with E-state index in [4.69, 9.17) is 0 Å². The second-order valence-corrected chi connectivity index (χ2v) is 5.73. The highest BCUT2D eigenvalue weighted by Crippen LogP contribution is 2.20.